The number of amides is 2. The van der Waals surface area contributed by atoms with Crippen LogP contribution in [-0.2, 0) is 16.8 Å². The Morgan fingerprint density at radius 2 is 1.93 bits per heavy atom. The first-order chi connectivity index (χ1) is 13.5. The molecule has 0 aliphatic carbocycles. The summed E-state index contributed by atoms with van der Waals surface area (Å²) >= 11 is 0. The predicted molar refractivity (Wildman–Crippen MR) is 107 cm³/mol. The van der Waals surface area contributed by atoms with Crippen LogP contribution in [-0.4, -0.2) is 51.2 Å². The third-order valence-corrected chi connectivity index (χ3v) is 6.37. The van der Waals surface area contributed by atoms with E-state index >= 15 is 0 Å². The van der Waals surface area contributed by atoms with E-state index < -0.39 is 0 Å². The van der Waals surface area contributed by atoms with Crippen molar-refractivity contribution in [3.63, 3.8) is 0 Å². The quantitative estimate of drug-likeness (QED) is 0.871. The molecule has 1 fully saturated rings. The molecule has 0 bridgehead atoms. The number of carbonyl (C=O) groups excluding carboxylic acids is 2. The van der Waals surface area contributed by atoms with Crippen LogP contribution < -0.4 is 0 Å². The summed E-state index contributed by atoms with van der Waals surface area (Å²) in [5.74, 6) is 0.255. The number of rotatable bonds is 2. The van der Waals surface area contributed by atoms with Gasteiger partial charge in [0, 0.05) is 43.7 Å². The fourth-order valence-electron chi connectivity index (χ4n) is 4.76. The van der Waals surface area contributed by atoms with E-state index in [1.165, 1.54) is 0 Å². The zero-order valence-corrected chi connectivity index (χ0v) is 16.9. The van der Waals surface area contributed by atoms with Crippen molar-refractivity contribution in [2.75, 3.05) is 19.6 Å². The van der Waals surface area contributed by atoms with Gasteiger partial charge >= 0.3 is 0 Å². The summed E-state index contributed by atoms with van der Waals surface area (Å²) in [6, 6.07) is 6.01. The Labute approximate surface area is 165 Å². The highest BCUT2D eigenvalue weighted by molar-refractivity contribution is 5.96. The van der Waals surface area contributed by atoms with Gasteiger partial charge in [0.1, 0.15) is 0 Å². The van der Waals surface area contributed by atoms with Crippen molar-refractivity contribution >= 4 is 11.8 Å². The van der Waals surface area contributed by atoms with Gasteiger partial charge in [-0.3, -0.25) is 9.59 Å². The van der Waals surface area contributed by atoms with Crippen molar-refractivity contribution in [2.45, 2.75) is 52.0 Å². The van der Waals surface area contributed by atoms with E-state index in [1.54, 1.807) is 6.33 Å². The van der Waals surface area contributed by atoms with Crippen molar-refractivity contribution in [3.8, 4) is 0 Å². The molecule has 1 saturated heterocycles. The Kier molecular flexibility index (Phi) is 4.73. The number of aromatic amines is 1. The van der Waals surface area contributed by atoms with Gasteiger partial charge in [-0.2, -0.15) is 0 Å². The second-order valence-corrected chi connectivity index (χ2v) is 8.02. The van der Waals surface area contributed by atoms with E-state index in [-0.39, 0.29) is 17.4 Å². The standard InChI is InChI=1S/C22H28N4O2/c1-4-19(27)26-10-7-18-20(24-14-23-18)22(26)8-11-25(12-9-22)21(28)17-13-15(2)5-6-16(17)3/h5-6,13-14H,4,7-12H2,1-3H3,(H,23,24). The second kappa shape index (κ2) is 7.08. The van der Waals surface area contributed by atoms with Crippen molar-refractivity contribution in [1.82, 2.24) is 19.8 Å². The van der Waals surface area contributed by atoms with Crippen LogP contribution in [0.2, 0.25) is 0 Å². The van der Waals surface area contributed by atoms with Gasteiger partial charge in [-0.05, 0) is 38.3 Å². The van der Waals surface area contributed by atoms with Crippen LogP contribution in [0.1, 0.15) is 59.1 Å². The SMILES string of the molecule is CCC(=O)N1CCc2[nH]cnc2C12CCN(C(=O)c1cc(C)ccc1C)CC2. The van der Waals surface area contributed by atoms with Crippen LogP contribution in [0.5, 0.6) is 0 Å². The molecule has 2 aromatic rings. The van der Waals surface area contributed by atoms with Gasteiger partial charge in [-0.25, -0.2) is 4.98 Å². The minimum absolute atomic E-state index is 0.0856. The first-order valence-electron chi connectivity index (χ1n) is 10.2. The molecule has 1 aromatic heterocycles. The lowest BCUT2D eigenvalue weighted by Gasteiger charge is -2.50. The Morgan fingerprint density at radius 1 is 1.18 bits per heavy atom. The number of fused-ring (bicyclic) bond motifs is 2. The molecule has 28 heavy (non-hydrogen) atoms. The van der Waals surface area contributed by atoms with Gasteiger partial charge in [-0.15, -0.1) is 0 Å². The Morgan fingerprint density at radius 3 is 2.64 bits per heavy atom. The van der Waals surface area contributed by atoms with Crippen LogP contribution in [0.3, 0.4) is 0 Å². The Balaban J connectivity index is 1.60. The molecule has 2 amide bonds. The van der Waals surface area contributed by atoms with Crippen molar-refractivity contribution in [3.05, 3.63) is 52.6 Å². The zero-order valence-electron chi connectivity index (χ0n) is 16.9. The summed E-state index contributed by atoms with van der Waals surface area (Å²) in [7, 11) is 0. The number of aromatic nitrogens is 2. The van der Waals surface area contributed by atoms with Crippen molar-refractivity contribution in [1.29, 1.82) is 0 Å². The van der Waals surface area contributed by atoms with Gasteiger partial charge in [0.15, 0.2) is 0 Å². The number of imidazole rings is 1. The molecule has 6 heteroatoms. The highest BCUT2D eigenvalue weighted by Crippen LogP contribution is 2.42. The van der Waals surface area contributed by atoms with Crippen LogP contribution in [0.25, 0.3) is 0 Å². The molecule has 2 aliphatic heterocycles. The van der Waals surface area contributed by atoms with E-state index in [4.69, 9.17) is 0 Å². The third-order valence-electron chi connectivity index (χ3n) is 6.37. The highest BCUT2D eigenvalue weighted by Gasteiger charge is 2.48. The average molecular weight is 380 g/mol. The number of carbonyl (C=O) groups is 2. The van der Waals surface area contributed by atoms with Gasteiger partial charge in [0.2, 0.25) is 5.91 Å². The average Bonchev–Trinajstić information content (AvgIpc) is 3.20. The molecular formula is C22H28N4O2. The molecule has 2 aliphatic rings. The number of H-pyrrole nitrogens is 1. The lowest BCUT2D eigenvalue weighted by Crippen LogP contribution is -2.58. The normalized spacial score (nSPS) is 18.2. The first-order valence-corrected chi connectivity index (χ1v) is 10.2. The lowest BCUT2D eigenvalue weighted by atomic mass is 9.78. The maximum absolute atomic E-state index is 13.1. The summed E-state index contributed by atoms with van der Waals surface area (Å²) < 4.78 is 0. The van der Waals surface area contributed by atoms with Gasteiger partial charge < -0.3 is 14.8 Å². The summed E-state index contributed by atoms with van der Waals surface area (Å²) in [5, 5.41) is 0. The topological polar surface area (TPSA) is 69.3 Å². The number of benzene rings is 1. The molecule has 1 spiro atoms. The highest BCUT2D eigenvalue weighted by atomic mass is 16.2. The number of likely N-dealkylation sites (tertiary alicyclic amines) is 1. The van der Waals surface area contributed by atoms with Gasteiger partial charge in [0.05, 0.1) is 17.6 Å². The van der Waals surface area contributed by atoms with Crippen LogP contribution in [0.15, 0.2) is 24.5 Å². The Bertz CT molecular complexity index is 909. The first kappa shape index (κ1) is 18.7. The molecule has 148 valence electrons. The maximum atomic E-state index is 13.1. The monoisotopic (exact) mass is 380 g/mol. The van der Waals surface area contributed by atoms with Crippen LogP contribution in [0.4, 0.5) is 0 Å². The van der Waals surface area contributed by atoms with E-state index in [2.05, 4.69) is 9.97 Å². The fourth-order valence-corrected chi connectivity index (χ4v) is 4.76. The molecular weight excluding hydrogens is 352 g/mol. The molecule has 0 radical (unpaired) electrons. The molecule has 0 saturated carbocycles. The minimum atomic E-state index is -0.390. The number of nitrogens with zero attached hydrogens (tertiary/aromatic N) is 3. The Hall–Kier alpha value is -2.63. The van der Waals surface area contributed by atoms with Crippen molar-refractivity contribution < 1.29 is 9.59 Å². The molecule has 4 rings (SSSR count). The zero-order chi connectivity index (χ0) is 19.9. The maximum Gasteiger partial charge on any atom is 0.254 e. The van der Waals surface area contributed by atoms with E-state index in [0.29, 0.717) is 26.1 Å². The van der Waals surface area contributed by atoms with E-state index in [1.807, 2.05) is 48.8 Å². The van der Waals surface area contributed by atoms with E-state index in [9.17, 15) is 9.59 Å². The summed E-state index contributed by atoms with van der Waals surface area (Å²) in [6.07, 6.45) is 4.50. The molecule has 1 N–H and O–H groups in total. The van der Waals surface area contributed by atoms with Crippen LogP contribution >= 0.6 is 0 Å². The number of hydrogen-bond acceptors (Lipinski definition) is 3. The summed E-state index contributed by atoms with van der Waals surface area (Å²) in [4.78, 5) is 37.6. The molecule has 0 unspecified atom stereocenters. The molecule has 0 atom stereocenters. The number of aryl methyl sites for hydroxylation is 2. The number of nitrogens with one attached hydrogen (secondary N) is 1. The second-order valence-electron chi connectivity index (χ2n) is 8.02. The number of hydrogen-bond donors (Lipinski definition) is 1. The molecule has 1 aromatic carbocycles. The minimum Gasteiger partial charge on any atom is -0.348 e. The molecule has 3 heterocycles. The van der Waals surface area contributed by atoms with Gasteiger partial charge in [0.25, 0.3) is 5.91 Å². The largest absolute Gasteiger partial charge is 0.348 e. The van der Waals surface area contributed by atoms with E-state index in [0.717, 1.165) is 47.3 Å². The van der Waals surface area contributed by atoms with Crippen molar-refractivity contribution in [2.24, 2.45) is 0 Å². The lowest BCUT2D eigenvalue weighted by molar-refractivity contribution is -0.141. The predicted octanol–water partition coefficient (Wildman–Crippen LogP) is 2.95. The summed E-state index contributed by atoms with van der Waals surface area (Å²) in [5.41, 5.74) is 4.62. The number of piperidine rings is 1. The smallest absolute Gasteiger partial charge is 0.254 e. The molecule has 6 nitrogen and oxygen atoms in total. The summed E-state index contributed by atoms with van der Waals surface area (Å²) in [6.45, 7) is 7.88. The van der Waals surface area contributed by atoms with Gasteiger partial charge in [-0.1, -0.05) is 24.6 Å². The fraction of sp³-hybridized carbons (Fsp3) is 0.500. The third kappa shape index (κ3) is 2.91. The van der Waals surface area contributed by atoms with Crippen LogP contribution in [0, 0.1) is 13.8 Å².